The smallest absolute Gasteiger partial charge is 0.254 e. The number of aliphatic hydroxyl groups excluding tert-OH is 1. The molecule has 1 amide bonds. The van der Waals surface area contributed by atoms with Gasteiger partial charge in [0.25, 0.3) is 5.91 Å². The molecule has 6 heteroatoms. The Morgan fingerprint density at radius 1 is 1.62 bits per heavy atom. The molecular weight excluding hydrogens is 228 g/mol. The molecule has 0 aliphatic rings. The number of carbonyl (C=O) groups is 1. The number of amides is 1. The number of carbonyl (C=O) groups excluding carboxylic acids is 1. The molecule has 0 unspecified atom stereocenters. The standard InChI is InChI=1S/C10H10N2O3S/c1-4-6(3-13)16-9-7(4)12-2-5(8(9)14)10(11)15/h2,13H,3H2,1H3,(H2,11,15)(H,12,14). The van der Waals surface area contributed by atoms with Gasteiger partial charge in [-0.25, -0.2) is 0 Å². The van der Waals surface area contributed by atoms with Gasteiger partial charge in [-0.3, -0.25) is 9.59 Å². The van der Waals surface area contributed by atoms with E-state index >= 15 is 0 Å². The number of pyridine rings is 1. The number of H-pyrrole nitrogens is 1. The molecule has 0 aliphatic heterocycles. The van der Waals surface area contributed by atoms with Crippen molar-refractivity contribution >= 4 is 27.5 Å². The number of hydrogen-bond acceptors (Lipinski definition) is 4. The molecule has 0 saturated heterocycles. The number of hydrogen-bond donors (Lipinski definition) is 3. The van der Waals surface area contributed by atoms with Gasteiger partial charge in [0.05, 0.1) is 16.8 Å². The molecule has 2 aromatic heterocycles. The third-order valence-corrected chi connectivity index (χ3v) is 3.74. The number of primary amides is 1. The van der Waals surface area contributed by atoms with E-state index in [0.717, 1.165) is 5.56 Å². The topological polar surface area (TPSA) is 96.2 Å². The van der Waals surface area contributed by atoms with Gasteiger partial charge < -0.3 is 15.8 Å². The van der Waals surface area contributed by atoms with E-state index in [4.69, 9.17) is 10.8 Å². The largest absolute Gasteiger partial charge is 0.391 e. The lowest BCUT2D eigenvalue weighted by Gasteiger charge is -1.96. The van der Waals surface area contributed by atoms with Gasteiger partial charge in [0.15, 0.2) is 0 Å². The molecule has 0 aromatic carbocycles. The van der Waals surface area contributed by atoms with E-state index in [1.807, 2.05) is 6.92 Å². The Hall–Kier alpha value is -1.66. The molecule has 0 bridgehead atoms. The number of aromatic nitrogens is 1. The van der Waals surface area contributed by atoms with E-state index < -0.39 is 5.91 Å². The number of aliphatic hydroxyl groups is 1. The summed E-state index contributed by atoms with van der Waals surface area (Å²) < 4.78 is 0.429. The Labute approximate surface area is 94.5 Å². The Bertz CT molecular complexity index is 627. The summed E-state index contributed by atoms with van der Waals surface area (Å²) in [5, 5.41) is 9.09. The lowest BCUT2D eigenvalue weighted by Crippen LogP contribution is -2.21. The molecule has 16 heavy (non-hydrogen) atoms. The van der Waals surface area contributed by atoms with Crippen LogP contribution in [0.5, 0.6) is 0 Å². The minimum absolute atomic E-state index is 0.0572. The number of aromatic amines is 1. The van der Waals surface area contributed by atoms with Crippen LogP contribution in [-0.2, 0) is 6.61 Å². The molecule has 0 aliphatic carbocycles. The van der Waals surface area contributed by atoms with E-state index in [-0.39, 0.29) is 17.6 Å². The van der Waals surface area contributed by atoms with Crippen LogP contribution in [-0.4, -0.2) is 16.0 Å². The first kappa shape index (κ1) is 10.8. The van der Waals surface area contributed by atoms with Crippen molar-refractivity contribution in [3.05, 3.63) is 32.4 Å². The highest BCUT2D eigenvalue weighted by Gasteiger charge is 2.15. The van der Waals surface area contributed by atoms with Crippen molar-refractivity contribution < 1.29 is 9.90 Å². The summed E-state index contributed by atoms with van der Waals surface area (Å²) in [5.41, 5.74) is 6.13. The van der Waals surface area contributed by atoms with E-state index in [2.05, 4.69) is 4.98 Å². The van der Waals surface area contributed by atoms with Gasteiger partial charge in [-0.15, -0.1) is 11.3 Å². The lowest BCUT2D eigenvalue weighted by atomic mass is 10.2. The average molecular weight is 238 g/mol. The van der Waals surface area contributed by atoms with E-state index in [0.29, 0.717) is 15.1 Å². The number of nitrogens with one attached hydrogen (secondary N) is 1. The first-order valence-electron chi connectivity index (χ1n) is 4.60. The van der Waals surface area contributed by atoms with Crippen molar-refractivity contribution in [2.45, 2.75) is 13.5 Å². The normalized spacial score (nSPS) is 10.9. The number of aryl methyl sites for hydroxylation is 1. The maximum atomic E-state index is 11.9. The van der Waals surface area contributed by atoms with Crippen molar-refractivity contribution in [2.24, 2.45) is 5.73 Å². The lowest BCUT2D eigenvalue weighted by molar-refractivity contribution is 0.0999. The quantitative estimate of drug-likeness (QED) is 0.710. The van der Waals surface area contributed by atoms with Gasteiger partial charge >= 0.3 is 0 Å². The van der Waals surface area contributed by atoms with Crippen LogP contribution in [0.4, 0.5) is 0 Å². The molecule has 0 spiro atoms. The van der Waals surface area contributed by atoms with Gasteiger partial charge in [0, 0.05) is 11.1 Å². The number of nitrogens with two attached hydrogens (primary N) is 1. The van der Waals surface area contributed by atoms with E-state index in [1.54, 1.807) is 0 Å². The van der Waals surface area contributed by atoms with Crippen LogP contribution < -0.4 is 11.2 Å². The third kappa shape index (κ3) is 1.43. The summed E-state index contributed by atoms with van der Waals surface area (Å²) in [6.45, 7) is 1.69. The maximum Gasteiger partial charge on any atom is 0.254 e. The van der Waals surface area contributed by atoms with Crippen LogP contribution in [0.3, 0.4) is 0 Å². The first-order valence-corrected chi connectivity index (χ1v) is 5.42. The second-order valence-electron chi connectivity index (χ2n) is 3.41. The number of fused-ring (bicyclic) bond motifs is 1. The highest BCUT2D eigenvalue weighted by Crippen LogP contribution is 2.26. The minimum Gasteiger partial charge on any atom is -0.391 e. The molecule has 0 saturated carbocycles. The highest BCUT2D eigenvalue weighted by atomic mass is 32.1. The zero-order valence-corrected chi connectivity index (χ0v) is 9.35. The van der Waals surface area contributed by atoms with Crippen LogP contribution in [0.25, 0.3) is 10.2 Å². The van der Waals surface area contributed by atoms with Gasteiger partial charge in [-0.05, 0) is 12.5 Å². The predicted octanol–water partition coefficient (Wildman–Crippen LogP) is 0.489. The number of rotatable bonds is 2. The molecule has 4 N–H and O–H groups in total. The maximum absolute atomic E-state index is 11.9. The van der Waals surface area contributed by atoms with Gasteiger partial charge in [0.1, 0.15) is 5.56 Å². The second-order valence-corrected chi connectivity index (χ2v) is 4.51. The summed E-state index contributed by atoms with van der Waals surface area (Å²) in [6, 6.07) is 0. The Morgan fingerprint density at radius 3 is 2.88 bits per heavy atom. The molecule has 2 aromatic rings. The van der Waals surface area contributed by atoms with Gasteiger partial charge in [-0.2, -0.15) is 0 Å². The fourth-order valence-electron chi connectivity index (χ4n) is 1.56. The molecule has 5 nitrogen and oxygen atoms in total. The Morgan fingerprint density at radius 2 is 2.31 bits per heavy atom. The van der Waals surface area contributed by atoms with Crippen LogP contribution in [0.2, 0.25) is 0 Å². The SMILES string of the molecule is Cc1c(CO)sc2c(=O)c(C(N)=O)c[nH]c12. The van der Waals surface area contributed by atoms with Crippen molar-refractivity contribution in [3.8, 4) is 0 Å². The molecule has 84 valence electrons. The van der Waals surface area contributed by atoms with Gasteiger partial charge in [-0.1, -0.05) is 0 Å². The van der Waals surface area contributed by atoms with E-state index in [1.165, 1.54) is 17.5 Å². The Kier molecular flexibility index (Phi) is 2.53. The third-order valence-electron chi connectivity index (χ3n) is 2.47. The molecule has 0 atom stereocenters. The fraction of sp³-hybridized carbons (Fsp3) is 0.200. The summed E-state index contributed by atoms with van der Waals surface area (Å²) in [4.78, 5) is 26.4. The zero-order chi connectivity index (χ0) is 11.9. The molecular formula is C10H10N2O3S. The predicted molar refractivity (Wildman–Crippen MR) is 61.6 cm³/mol. The van der Waals surface area contributed by atoms with Crippen molar-refractivity contribution in [1.82, 2.24) is 4.98 Å². The van der Waals surface area contributed by atoms with Crippen molar-refractivity contribution in [1.29, 1.82) is 0 Å². The second kappa shape index (κ2) is 3.73. The summed E-state index contributed by atoms with van der Waals surface area (Å²) in [5.74, 6) is -0.750. The summed E-state index contributed by atoms with van der Waals surface area (Å²) in [7, 11) is 0. The average Bonchev–Trinajstić information content (AvgIpc) is 2.57. The summed E-state index contributed by atoms with van der Waals surface area (Å²) >= 11 is 1.18. The summed E-state index contributed by atoms with van der Waals surface area (Å²) in [6.07, 6.45) is 1.31. The highest BCUT2D eigenvalue weighted by molar-refractivity contribution is 7.19. The monoisotopic (exact) mass is 238 g/mol. The van der Waals surface area contributed by atoms with Crippen molar-refractivity contribution in [2.75, 3.05) is 0 Å². The van der Waals surface area contributed by atoms with Crippen LogP contribution >= 0.6 is 11.3 Å². The molecule has 2 rings (SSSR count). The first-order chi connectivity index (χ1) is 7.56. The van der Waals surface area contributed by atoms with Crippen LogP contribution in [0.1, 0.15) is 20.8 Å². The molecule has 2 heterocycles. The molecule has 0 radical (unpaired) electrons. The fourth-order valence-corrected chi connectivity index (χ4v) is 2.64. The number of thiophene rings is 1. The van der Waals surface area contributed by atoms with Gasteiger partial charge in [0.2, 0.25) is 5.43 Å². The van der Waals surface area contributed by atoms with Crippen LogP contribution in [0.15, 0.2) is 11.0 Å². The Balaban J connectivity index is 2.86. The molecule has 0 fully saturated rings. The minimum atomic E-state index is -0.750. The van der Waals surface area contributed by atoms with Crippen molar-refractivity contribution in [3.63, 3.8) is 0 Å². The van der Waals surface area contributed by atoms with Crippen LogP contribution in [0, 0.1) is 6.92 Å². The van der Waals surface area contributed by atoms with E-state index in [9.17, 15) is 9.59 Å². The zero-order valence-electron chi connectivity index (χ0n) is 8.53.